The topological polar surface area (TPSA) is 67.2 Å². The largest absolute Gasteiger partial charge is 0.338 e. The second kappa shape index (κ2) is 4.87. The molecule has 5 heteroatoms. The van der Waals surface area contributed by atoms with Gasteiger partial charge < -0.3 is 9.84 Å². The lowest BCUT2D eigenvalue weighted by Gasteiger charge is -2.27. The van der Waals surface area contributed by atoms with Gasteiger partial charge in [-0.2, -0.15) is 0 Å². The number of amides is 1. The first kappa shape index (κ1) is 12.1. The highest BCUT2D eigenvalue weighted by Gasteiger charge is 2.40. The maximum atomic E-state index is 12.3. The normalized spacial score (nSPS) is 23.9. The van der Waals surface area contributed by atoms with Crippen LogP contribution in [0.15, 0.2) is 10.6 Å². The van der Waals surface area contributed by atoms with E-state index in [1.54, 1.807) is 6.07 Å². The Hall–Kier alpha value is -1.36. The van der Waals surface area contributed by atoms with Gasteiger partial charge in [0.15, 0.2) is 0 Å². The first-order chi connectivity index (χ1) is 8.16. The van der Waals surface area contributed by atoms with Crippen LogP contribution in [-0.4, -0.2) is 23.1 Å². The maximum Gasteiger partial charge on any atom is 0.247 e. The number of carbonyl (C=O) groups excluding carboxylic acids is 1. The smallest absolute Gasteiger partial charge is 0.247 e. The first-order valence-corrected chi connectivity index (χ1v) is 6.16. The zero-order valence-corrected chi connectivity index (χ0v) is 10.4. The fourth-order valence-electron chi connectivity index (χ4n) is 2.41. The molecule has 2 heterocycles. The van der Waals surface area contributed by atoms with E-state index in [9.17, 15) is 4.79 Å². The summed E-state index contributed by atoms with van der Waals surface area (Å²) in [5, 5.41) is 9.88. The molecule has 0 radical (unpaired) electrons. The van der Waals surface area contributed by atoms with E-state index < -0.39 is 5.54 Å². The van der Waals surface area contributed by atoms with Gasteiger partial charge in [0.05, 0.1) is 11.2 Å². The van der Waals surface area contributed by atoms with Gasteiger partial charge in [-0.1, -0.05) is 18.5 Å². The summed E-state index contributed by atoms with van der Waals surface area (Å²) in [6.45, 7) is 4.82. The highest BCUT2D eigenvalue weighted by Crippen LogP contribution is 2.26. The molecule has 0 bridgehead atoms. The number of rotatable bonds is 4. The van der Waals surface area contributed by atoms with Crippen molar-refractivity contribution in [2.45, 2.75) is 45.1 Å². The van der Waals surface area contributed by atoms with Gasteiger partial charge in [0.2, 0.25) is 11.8 Å². The van der Waals surface area contributed by atoms with Crippen molar-refractivity contribution in [3.63, 3.8) is 0 Å². The molecular formula is C12H19N3O2. The van der Waals surface area contributed by atoms with Crippen molar-refractivity contribution in [3.05, 3.63) is 11.8 Å². The fourth-order valence-corrected chi connectivity index (χ4v) is 2.41. The number of aromatic nitrogens is 1. The van der Waals surface area contributed by atoms with Gasteiger partial charge in [0.1, 0.15) is 0 Å². The van der Waals surface area contributed by atoms with Crippen LogP contribution in [0, 0.1) is 6.92 Å². The quantitative estimate of drug-likeness (QED) is 0.838. The van der Waals surface area contributed by atoms with Crippen LogP contribution in [0.2, 0.25) is 0 Å². The van der Waals surface area contributed by atoms with Crippen LogP contribution in [-0.2, 0) is 4.79 Å². The zero-order chi connectivity index (χ0) is 12.3. The van der Waals surface area contributed by atoms with E-state index in [0.29, 0.717) is 5.88 Å². The molecule has 1 unspecified atom stereocenters. The van der Waals surface area contributed by atoms with E-state index in [2.05, 4.69) is 22.7 Å². The molecule has 1 aromatic heterocycles. The van der Waals surface area contributed by atoms with Gasteiger partial charge in [0, 0.05) is 6.07 Å². The second-order valence-electron chi connectivity index (χ2n) is 4.65. The molecule has 0 aliphatic carbocycles. The molecule has 2 rings (SSSR count). The third-order valence-electron chi connectivity index (χ3n) is 3.22. The van der Waals surface area contributed by atoms with Gasteiger partial charge in [0.25, 0.3) is 0 Å². The summed E-state index contributed by atoms with van der Waals surface area (Å²) >= 11 is 0. The Bertz CT molecular complexity index is 394. The molecule has 0 spiro atoms. The highest BCUT2D eigenvalue weighted by atomic mass is 16.5. The predicted molar refractivity (Wildman–Crippen MR) is 64.7 cm³/mol. The lowest BCUT2D eigenvalue weighted by molar-refractivity contribution is -0.122. The Balaban J connectivity index is 2.06. The van der Waals surface area contributed by atoms with Crippen LogP contribution in [0.3, 0.4) is 0 Å². The van der Waals surface area contributed by atoms with Gasteiger partial charge in [-0.3, -0.25) is 10.1 Å². The van der Waals surface area contributed by atoms with Crippen molar-refractivity contribution >= 4 is 11.8 Å². The molecule has 94 valence electrons. The van der Waals surface area contributed by atoms with Crippen molar-refractivity contribution in [2.24, 2.45) is 0 Å². The van der Waals surface area contributed by atoms with Crippen LogP contribution in [0.1, 0.15) is 38.3 Å². The van der Waals surface area contributed by atoms with Gasteiger partial charge >= 0.3 is 0 Å². The summed E-state index contributed by atoms with van der Waals surface area (Å²) in [6, 6.07) is 1.73. The Kier molecular flexibility index (Phi) is 3.47. The Morgan fingerprint density at radius 3 is 3.06 bits per heavy atom. The summed E-state index contributed by atoms with van der Waals surface area (Å²) in [7, 11) is 0. The van der Waals surface area contributed by atoms with Crippen molar-refractivity contribution in [1.29, 1.82) is 0 Å². The molecular weight excluding hydrogens is 218 g/mol. The Morgan fingerprint density at radius 1 is 1.71 bits per heavy atom. The second-order valence-corrected chi connectivity index (χ2v) is 4.65. The third kappa shape index (κ3) is 2.49. The summed E-state index contributed by atoms with van der Waals surface area (Å²) in [4.78, 5) is 12.3. The molecule has 1 aliphatic rings. The van der Waals surface area contributed by atoms with Crippen molar-refractivity contribution in [3.8, 4) is 0 Å². The summed E-state index contributed by atoms with van der Waals surface area (Å²) < 4.78 is 5.01. The third-order valence-corrected chi connectivity index (χ3v) is 3.22. The minimum atomic E-state index is -0.421. The molecule has 0 saturated carbocycles. The fraction of sp³-hybridized carbons (Fsp3) is 0.667. The van der Waals surface area contributed by atoms with E-state index >= 15 is 0 Å². The van der Waals surface area contributed by atoms with Crippen molar-refractivity contribution < 1.29 is 9.32 Å². The molecule has 1 amide bonds. The number of carbonyl (C=O) groups is 1. The van der Waals surface area contributed by atoms with E-state index in [1.807, 2.05) is 6.92 Å². The predicted octanol–water partition coefficient (Wildman–Crippen LogP) is 1.84. The minimum absolute atomic E-state index is 0.00648. The van der Waals surface area contributed by atoms with E-state index in [0.717, 1.165) is 37.9 Å². The zero-order valence-electron chi connectivity index (χ0n) is 10.4. The van der Waals surface area contributed by atoms with Crippen LogP contribution in [0.25, 0.3) is 0 Å². The summed E-state index contributed by atoms with van der Waals surface area (Å²) in [5.74, 6) is 0.421. The van der Waals surface area contributed by atoms with Crippen LogP contribution >= 0.6 is 0 Å². The maximum absolute atomic E-state index is 12.3. The SMILES string of the molecule is CCCC1(C(=O)Nc2cc(C)no2)CCCN1. The molecule has 1 saturated heterocycles. The van der Waals surface area contributed by atoms with Gasteiger partial charge in [-0.15, -0.1) is 0 Å². The number of nitrogens with zero attached hydrogens (tertiary/aromatic N) is 1. The van der Waals surface area contributed by atoms with Crippen LogP contribution in [0.5, 0.6) is 0 Å². The first-order valence-electron chi connectivity index (χ1n) is 6.16. The molecule has 1 aliphatic heterocycles. The lowest BCUT2D eigenvalue weighted by atomic mass is 9.91. The summed E-state index contributed by atoms with van der Waals surface area (Å²) in [5.41, 5.74) is 0.347. The monoisotopic (exact) mass is 237 g/mol. The minimum Gasteiger partial charge on any atom is -0.338 e. The Labute approximate surface area is 101 Å². The van der Waals surface area contributed by atoms with Crippen molar-refractivity contribution in [2.75, 3.05) is 11.9 Å². The Morgan fingerprint density at radius 2 is 2.53 bits per heavy atom. The molecule has 1 fully saturated rings. The van der Waals surface area contributed by atoms with Gasteiger partial charge in [-0.25, -0.2) is 0 Å². The number of hydrogen-bond donors (Lipinski definition) is 2. The average molecular weight is 237 g/mol. The molecule has 1 atom stereocenters. The standard InChI is InChI=1S/C12H19N3O2/c1-3-5-12(6-4-7-13-12)11(16)14-10-8-9(2)15-17-10/h8,13H,3-7H2,1-2H3,(H,14,16). The number of aryl methyl sites for hydroxylation is 1. The molecule has 17 heavy (non-hydrogen) atoms. The number of nitrogens with one attached hydrogen (secondary N) is 2. The molecule has 5 nitrogen and oxygen atoms in total. The molecule has 1 aromatic rings. The molecule has 0 aromatic carbocycles. The van der Waals surface area contributed by atoms with Crippen LogP contribution in [0.4, 0.5) is 5.88 Å². The highest BCUT2D eigenvalue weighted by molar-refractivity contribution is 5.97. The lowest BCUT2D eigenvalue weighted by Crippen LogP contribution is -2.50. The van der Waals surface area contributed by atoms with E-state index in [1.165, 1.54) is 0 Å². The van der Waals surface area contributed by atoms with E-state index in [-0.39, 0.29) is 5.91 Å². The number of hydrogen-bond acceptors (Lipinski definition) is 4. The van der Waals surface area contributed by atoms with Gasteiger partial charge in [-0.05, 0) is 32.7 Å². The van der Waals surface area contributed by atoms with E-state index in [4.69, 9.17) is 4.52 Å². The summed E-state index contributed by atoms with van der Waals surface area (Å²) in [6.07, 6.45) is 3.77. The molecule has 2 N–H and O–H groups in total. The number of anilines is 1. The van der Waals surface area contributed by atoms with Crippen LogP contribution < -0.4 is 10.6 Å². The average Bonchev–Trinajstić information content (AvgIpc) is 2.89. The van der Waals surface area contributed by atoms with Crippen molar-refractivity contribution in [1.82, 2.24) is 10.5 Å².